The van der Waals surface area contributed by atoms with Crippen LogP contribution in [0.5, 0.6) is 5.95 Å². The van der Waals surface area contributed by atoms with E-state index in [1.807, 2.05) is 13.0 Å². The molecule has 1 aromatic heterocycles. The lowest BCUT2D eigenvalue weighted by molar-refractivity contribution is 0.241. The predicted molar refractivity (Wildman–Crippen MR) is 39.2 cm³/mol. The van der Waals surface area contributed by atoms with Crippen LogP contribution >= 0.6 is 0 Å². The Morgan fingerprint density at radius 1 is 1.60 bits per heavy atom. The van der Waals surface area contributed by atoms with Gasteiger partial charge in [0.15, 0.2) is 0 Å². The third kappa shape index (κ3) is 1.53. The van der Waals surface area contributed by atoms with Gasteiger partial charge in [0.2, 0.25) is 0 Å². The van der Waals surface area contributed by atoms with Crippen molar-refractivity contribution < 1.29 is 9.15 Å². The Morgan fingerprint density at radius 3 is 2.90 bits per heavy atom. The minimum absolute atomic E-state index is 0.654. The van der Waals surface area contributed by atoms with Crippen molar-refractivity contribution in [2.75, 3.05) is 6.61 Å². The molecule has 0 fully saturated rings. The van der Waals surface area contributed by atoms with E-state index in [4.69, 9.17) is 9.15 Å². The van der Waals surface area contributed by atoms with Gasteiger partial charge in [-0.15, -0.1) is 0 Å². The second kappa shape index (κ2) is 3.30. The molecule has 2 nitrogen and oxygen atoms in total. The zero-order valence-electron chi connectivity index (χ0n) is 6.39. The van der Waals surface area contributed by atoms with Crippen molar-refractivity contribution in [3.05, 3.63) is 17.9 Å². The SMILES string of the molecule is CCCOc1occc1C. The van der Waals surface area contributed by atoms with Crippen molar-refractivity contribution in [1.82, 2.24) is 0 Å². The Hall–Kier alpha value is -0.920. The summed E-state index contributed by atoms with van der Waals surface area (Å²) in [6.07, 6.45) is 2.65. The summed E-state index contributed by atoms with van der Waals surface area (Å²) in [5, 5.41) is 0. The molecular formula is C8H12O2. The molecule has 1 rings (SSSR count). The third-order valence-corrected chi connectivity index (χ3v) is 1.25. The van der Waals surface area contributed by atoms with Gasteiger partial charge in [0.05, 0.1) is 12.9 Å². The average Bonchev–Trinajstić information content (AvgIpc) is 2.31. The maximum absolute atomic E-state index is 5.26. The summed E-state index contributed by atoms with van der Waals surface area (Å²) in [6.45, 7) is 4.76. The van der Waals surface area contributed by atoms with E-state index in [2.05, 4.69) is 6.92 Å². The van der Waals surface area contributed by atoms with Crippen LogP contribution in [0.15, 0.2) is 16.7 Å². The Morgan fingerprint density at radius 2 is 2.40 bits per heavy atom. The number of hydrogen-bond donors (Lipinski definition) is 0. The molecule has 0 bridgehead atoms. The molecule has 0 saturated heterocycles. The first-order chi connectivity index (χ1) is 4.84. The summed E-state index contributed by atoms with van der Waals surface area (Å²) >= 11 is 0. The van der Waals surface area contributed by atoms with Crippen LogP contribution in [0.3, 0.4) is 0 Å². The van der Waals surface area contributed by atoms with Crippen LogP contribution < -0.4 is 4.74 Å². The van der Waals surface area contributed by atoms with Gasteiger partial charge in [-0.05, 0) is 19.4 Å². The van der Waals surface area contributed by atoms with E-state index in [0.29, 0.717) is 5.95 Å². The molecule has 0 aliphatic heterocycles. The van der Waals surface area contributed by atoms with E-state index in [-0.39, 0.29) is 0 Å². The van der Waals surface area contributed by atoms with Crippen molar-refractivity contribution in [2.45, 2.75) is 20.3 Å². The molecule has 1 heterocycles. The molecule has 0 N–H and O–H groups in total. The zero-order valence-corrected chi connectivity index (χ0v) is 6.39. The van der Waals surface area contributed by atoms with Gasteiger partial charge in [0.25, 0.3) is 5.95 Å². The maximum atomic E-state index is 5.26. The third-order valence-electron chi connectivity index (χ3n) is 1.25. The van der Waals surface area contributed by atoms with Gasteiger partial charge in [0.1, 0.15) is 0 Å². The fourth-order valence-corrected chi connectivity index (χ4v) is 0.701. The Kier molecular flexibility index (Phi) is 2.37. The first kappa shape index (κ1) is 7.19. The largest absolute Gasteiger partial charge is 0.465 e. The quantitative estimate of drug-likeness (QED) is 0.643. The van der Waals surface area contributed by atoms with E-state index in [1.54, 1.807) is 6.26 Å². The summed E-state index contributed by atoms with van der Waals surface area (Å²) in [6, 6.07) is 1.89. The smallest absolute Gasteiger partial charge is 0.287 e. The lowest BCUT2D eigenvalue weighted by Gasteiger charge is -1.99. The fraction of sp³-hybridized carbons (Fsp3) is 0.500. The molecule has 0 saturated carbocycles. The highest BCUT2D eigenvalue weighted by molar-refractivity contribution is 5.19. The summed E-state index contributed by atoms with van der Waals surface area (Å²) in [5.41, 5.74) is 1.06. The maximum Gasteiger partial charge on any atom is 0.287 e. The minimum atomic E-state index is 0.654. The minimum Gasteiger partial charge on any atom is -0.465 e. The highest BCUT2D eigenvalue weighted by Crippen LogP contribution is 2.17. The molecule has 0 aromatic carbocycles. The number of aryl methyl sites for hydroxylation is 1. The molecule has 0 aliphatic rings. The van der Waals surface area contributed by atoms with Crippen LogP contribution in [0.4, 0.5) is 0 Å². The molecule has 56 valence electrons. The molecule has 10 heavy (non-hydrogen) atoms. The predicted octanol–water partition coefficient (Wildman–Crippen LogP) is 2.38. The standard InChI is InChI=1S/C8H12O2/c1-3-5-9-8-7(2)4-6-10-8/h4,6H,3,5H2,1-2H3. The van der Waals surface area contributed by atoms with Gasteiger partial charge < -0.3 is 9.15 Å². The molecule has 2 heteroatoms. The summed E-state index contributed by atoms with van der Waals surface area (Å²) in [4.78, 5) is 0. The second-order valence-electron chi connectivity index (χ2n) is 2.24. The van der Waals surface area contributed by atoms with E-state index in [9.17, 15) is 0 Å². The Bertz CT molecular complexity index is 191. The molecular weight excluding hydrogens is 128 g/mol. The van der Waals surface area contributed by atoms with Gasteiger partial charge in [0, 0.05) is 5.56 Å². The molecule has 0 amide bonds. The van der Waals surface area contributed by atoms with Crippen LogP contribution in [0.2, 0.25) is 0 Å². The second-order valence-corrected chi connectivity index (χ2v) is 2.24. The zero-order chi connectivity index (χ0) is 7.40. The van der Waals surface area contributed by atoms with Crippen molar-refractivity contribution in [2.24, 2.45) is 0 Å². The van der Waals surface area contributed by atoms with E-state index >= 15 is 0 Å². The highest BCUT2D eigenvalue weighted by atomic mass is 16.6. The first-order valence-electron chi connectivity index (χ1n) is 3.51. The summed E-state index contributed by atoms with van der Waals surface area (Å²) < 4.78 is 10.3. The number of furan rings is 1. The van der Waals surface area contributed by atoms with E-state index in [0.717, 1.165) is 18.6 Å². The first-order valence-corrected chi connectivity index (χ1v) is 3.51. The monoisotopic (exact) mass is 140 g/mol. The lowest BCUT2D eigenvalue weighted by Crippen LogP contribution is -1.94. The molecule has 0 aliphatic carbocycles. The van der Waals surface area contributed by atoms with E-state index in [1.165, 1.54) is 0 Å². The number of hydrogen-bond acceptors (Lipinski definition) is 2. The summed E-state index contributed by atoms with van der Waals surface area (Å²) in [7, 11) is 0. The normalized spacial score (nSPS) is 9.80. The van der Waals surface area contributed by atoms with Crippen molar-refractivity contribution in [3.8, 4) is 5.95 Å². The van der Waals surface area contributed by atoms with Crippen molar-refractivity contribution >= 4 is 0 Å². The number of rotatable bonds is 3. The van der Waals surface area contributed by atoms with Gasteiger partial charge in [-0.3, -0.25) is 0 Å². The van der Waals surface area contributed by atoms with Crippen molar-refractivity contribution in [1.29, 1.82) is 0 Å². The highest BCUT2D eigenvalue weighted by Gasteiger charge is 1.99. The van der Waals surface area contributed by atoms with Gasteiger partial charge in [-0.25, -0.2) is 0 Å². The molecule has 1 aromatic rings. The van der Waals surface area contributed by atoms with Crippen LogP contribution in [-0.2, 0) is 0 Å². The van der Waals surface area contributed by atoms with Gasteiger partial charge in [-0.1, -0.05) is 6.92 Å². The summed E-state index contributed by atoms with van der Waals surface area (Å²) in [5.74, 6) is 0.654. The molecule has 0 atom stereocenters. The topological polar surface area (TPSA) is 22.4 Å². The average molecular weight is 140 g/mol. The molecule has 0 spiro atoms. The van der Waals surface area contributed by atoms with Crippen LogP contribution in [0.1, 0.15) is 18.9 Å². The van der Waals surface area contributed by atoms with Crippen LogP contribution in [0.25, 0.3) is 0 Å². The number of ether oxygens (including phenoxy) is 1. The van der Waals surface area contributed by atoms with Crippen LogP contribution in [-0.4, -0.2) is 6.61 Å². The van der Waals surface area contributed by atoms with Gasteiger partial charge in [-0.2, -0.15) is 0 Å². The van der Waals surface area contributed by atoms with Crippen molar-refractivity contribution in [3.63, 3.8) is 0 Å². The Labute approximate surface area is 60.8 Å². The fourth-order valence-electron chi connectivity index (χ4n) is 0.701. The Balaban J connectivity index is 2.49. The van der Waals surface area contributed by atoms with E-state index < -0.39 is 0 Å². The van der Waals surface area contributed by atoms with Gasteiger partial charge >= 0.3 is 0 Å². The molecule has 0 unspecified atom stereocenters. The molecule has 0 radical (unpaired) electrons. The van der Waals surface area contributed by atoms with Crippen LogP contribution in [0, 0.1) is 6.92 Å². The lowest BCUT2D eigenvalue weighted by atomic mass is 10.4.